The van der Waals surface area contributed by atoms with Crippen LogP contribution in [0.25, 0.3) is 21.7 Å². The van der Waals surface area contributed by atoms with Crippen molar-refractivity contribution >= 4 is 43.4 Å². The third-order valence-electron chi connectivity index (χ3n) is 7.72. The Labute approximate surface area is 228 Å². The number of ether oxygens (including phenoxy) is 2. The zero-order valence-electron chi connectivity index (χ0n) is 22.2. The normalized spacial score (nSPS) is 18.1. The molecule has 1 heterocycles. The number of fused-ring (bicyclic) bond motifs is 7. The fraction of sp³-hybridized carbons (Fsp3) is 0.333. The Kier molecular flexibility index (Phi) is 7.46. The fourth-order valence-electron chi connectivity index (χ4n) is 6.06. The second-order valence-electron chi connectivity index (χ2n) is 10.2. The molecule has 1 saturated carbocycles. The molecule has 2 aliphatic rings. The molecule has 0 aliphatic heterocycles. The van der Waals surface area contributed by atoms with Crippen molar-refractivity contribution in [2.45, 2.75) is 32.1 Å². The van der Waals surface area contributed by atoms with Gasteiger partial charge < -0.3 is 14.8 Å². The molecular formula is C30H32N2O6S. The summed E-state index contributed by atoms with van der Waals surface area (Å²) in [5, 5.41) is 6.36. The van der Waals surface area contributed by atoms with Crippen molar-refractivity contribution in [2.24, 2.45) is 11.8 Å². The Bertz CT molecular complexity index is 1650. The SMILES string of the molecule is COc1cc2c3c(c4ncc(NC(=O)c5ccccc5)cc4c2cc1OC)CC1CCCC1C3.CS(=O)(=O)O. The lowest BCUT2D eigenvalue weighted by molar-refractivity contribution is 0.102. The molecule has 0 saturated heterocycles. The van der Waals surface area contributed by atoms with Crippen LogP contribution in [0.3, 0.4) is 0 Å². The van der Waals surface area contributed by atoms with Crippen LogP contribution in [0.2, 0.25) is 0 Å². The zero-order valence-corrected chi connectivity index (χ0v) is 23.0. The van der Waals surface area contributed by atoms with Gasteiger partial charge in [-0.3, -0.25) is 14.3 Å². The second kappa shape index (κ2) is 10.8. The zero-order chi connectivity index (χ0) is 27.7. The van der Waals surface area contributed by atoms with E-state index in [1.165, 1.54) is 35.8 Å². The number of carbonyl (C=O) groups is 1. The number of pyridine rings is 1. The van der Waals surface area contributed by atoms with E-state index in [1.54, 1.807) is 20.4 Å². The minimum absolute atomic E-state index is 0.142. The van der Waals surface area contributed by atoms with Gasteiger partial charge in [-0.15, -0.1) is 0 Å². The topological polar surface area (TPSA) is 115 Å². The van der Waals surface area contributed by atoms with Gasteiger partial charge in [-0.25, -0.2) is 0 Å². The average Bonchev–Trinajstić information content (AvgIpc) is 3.38. The van der Waals surface area contributed by atoms with Crippen molar-refractivity contribution in [3.8, 4) is 11.5 Å². The van der Waals surface area contributed by atoms with E-state index in [0.29, 0.717) is 23.3 Å². The van der Waals surface area contributed by atoms with Gasteiger partial charge in [0.1, 0.15) is 0 Å². The molecule has 0 bridgehead atoms. The van der Waals surface area contributed by atoms with E-state index in [-0.39, 0.29) is 5.91 Å². The molecule has 39 heavy (non-hydrogen) atoms. The van der Waals surface area contributed by atoms with Gasteiger partial charge in [-0.1, -0.05) is 24.6 Å². The fourth-order valence-corrected chi connectivity index (χ4v) is 6.06. The molecule has 2 aliphatic carbocycles. The molecular weight excluding hydrogens is 516 g/mol. The first kappa shape index (κ1) is 26.9. The Balaban J connectivity index is 0.000000567. The molecule has 1 amide bonds. The van der Waals surface area contributed by atoms with Crippen molar-refractivity contribution in [3.63, 3.8) is 0 Å². The summed E-state index contributed by atoms with van der Waals surface area (Å²) < 4.78 is 37.2. The minimum atomic E-state index is -3.67. The van der Waals surface area contributed by atoms with E-state index >= 15 is 0 Å². The minimum Gasteiger partial charge on any atom is -0.493 e. The molecule has 6 rings (SSSR count). The number of amides is 1. The van der Waals surface area contributed by atoms with Crippen molar-refractivity contribution in [1.82, 2.24) is 4.98 Å². The number of hydrogen-bond donors (Lipinski definition) is 2. The lowest BCUT2D eigenvalue weighted by Gasteiger charge is -2.30. The maximum absolute atomic E-state index is 12.8. The molecule has 3 aromatic carbocycles. The number of carbonyl (C=O) groups excluding carboxylic acids is 1. The first-order valence-corrected chi connectivity index (χ1v) is 14.8. The maximum atomic E-state index is 12.8. The van der Waals surface area contributed by atoms with E-state index in [9.17, 15) is 13.2 Å². The number of nitrogens with one attached hydrogen (secondary N) is 1. The third kappa shape index (κ3) is 5.69. The van der Waals surface area contributed by atoms with Crippen molar-refractivity contribution in [1.29, 1.82) is 0 Å². The predicted octanol–water partition coefficient (Wildman–Crippen LogP) is 5.68. The summed E-state index contributed by atoms with van der Waals surface area (Å²) in [5.41, 5.74) is 5.11. The van der Waals surface area contributed by atoms with E-state index in [0.717, 1.165) is 46.7 Å². The largest absolute Gasteiger partial charge is 0.493 e. The van der Waals surface area contributed by atoms with Crippen LogP contribution in [0.1, 0.15) is 40.7 Å². The number of rotatable bonds is 4. The molecule has 1 fully saturated rings. The van der Waals surface area contributed by atoms with E-state index in [4.69, 9.17) is 19.0 Å². The van der Waals surface area contributed by atoms with Gasteiger partial charge in [0.25, 0.3) is 16.0 Å². The van der Waals surface area contributed by atoms with Crippen LogP contribution in [0.15, 0.2) is 54.7 Å². The Hall–Kier alpha value is -3.69. The summed E-state index contributed by atoms with van der Waals surface area (Å²) in [6, 6.07) is 15.5. The lowest BCUT2D eigenvalue weighted by atomic mass is 9.75. The maximum Gasteiger partial charge on any atom is 0.261 e. The van der Waals surface area contributed by atoms with Crippen molar-refractivity contribution in [2.75, 3.05) is 25.8 Å². The van der Waals surface area contributed by atoms with Gasteiger partial charge in [-0.05, 0) is 89.8 Å². The van der Waals surface area contributed by atoms with Crippen LogP contribution in [0.5, 0.6) is 11.5 Å². The smallest absolute Gasteiger partial charge is 0.261 e. The molecule has 9 heteroatoms. The molecule has 2 N–H and O–H groups in total. The van der Waals surface area contributed by atoms with Gasteiger partial charge in [0.15, 0.2) is 11.5 Å². The standard InChI is InChI=1S/C29H28N2O3.CH4O3S/c1-33-26-14-22-21-11-18-9-6-10-19(18)12-24(21)28-25(23(22)15-27(26)34-2)13-20(16-30-28)31-29(32)17-7-4-3-5-8-17;1-5(2,3)4/h3-5,7-8,13-16,18-19H,6,9-12H2,1-2H3,(H,31,32);1H3,(H,2,3,4). The van der Waals surface area contributed by atoms with Crippen molar-refractivity contribution < 1.29 is 27.2 Å². The summed E-state index contributed by atoms with van der Waals surface area (Å²) in [6.45, 7) is 0. The van der Waals surface area contributed by atoms with Gasteiger partial charge in [0.05, 0.1) is 37.9 Å². The molecule has 2 unspecified atom stereocenters. The number of hydrogen-bond acceptors (Lipinski definition) is 6. The van der Waals surface area contributed by atoms with Crippen LogP contribution >= 0.6 is 0 Å². The average molecular weight is 549 g/mol. The highest BCUT2D eigenvalue weighted by atomic mass is 32.2. The van der Waals surface area contributed by atoms with Gasteiger partial charge in [0.2, 0.25) is 0 Å². The van der Waals surface area contributed by atoms with Crippen LogP contribution in [0, 0.1) is 11.8 Å². The lowest BCUT2D eigenvalue weighted by Crippen LogP contribution is -2.21. The Morgan fingerprint density at radius 3 is 2.13 bits per heavy atom. The number of aromatic nitrogens is 1. The highest BCUT2D eigenvalue weighted by Gasteiger charge is 2.34. The summed E-state index contributed by atoms with van der Waals surface area (Å²) in [5.74, 6) is 2.80. The van der Waals surface area contributed by atoms with Gasteiger partial charge >= 0.3 is 0 Å². The first-order valence-electron chi connectivity index (χ1n) is 12.9. The third-order valence-corrected chi connectivity index (χ3v) is 7.72. The van der Waals surface area contributed by atoms with Crippen LogP contribution in [-0.2, 0) is 23.0 Å². The highest BCUT2D eigenvalue weighted by Crippen LogP contribution is 2.47. The quantitative estimate of drug-likeness (QED) is 0.249. The second-order valence-corrected chi connectivity index (χ2v) is 11.7. The molecule has 0 radical (unpaired) electrons. The molecule has 1 aromatic heterocycles. The number of anilines is 1. The molecule has 8 nitrogen and oxygen atoms in total. The number of methoxy groups -OCH3 is 2. The molecule has 4 aromatic rings. The van der Waals surface area contributed by atoms with E-state index < -0.39 is 10.1 Å². The highest BCUT2D eigenvalue weighted by molar-refractivity contribution is 7.85. The summed E-state index contributed by atoms with van der Waals surface area (Å²) >= 11 is 0. The Morgan fingerprint density at radius 1 is 0.923 bits per heavy atom. The molecule has 0 spiro atoms. The summed E-state index contributed by atoms with van der Waals surface area (Å²) in [7, 11) is -0.319. The number of nitrogens with zero attached hydrogens (tertiary/aromatic N) is 1. The van der Waals surface area contributed by atoms with Gasteiger partial charge in [0, 0.05) is 10.9 Å². The monoisotopic (exact) mass is 548 g/mol. The van der Waals surface area contributed by atoms with Crippen LogP contribution in [0.4, 0.5) is 5.69 Å². The van der Waals surface area contributed by atoms with Crippen LogP contribution < -0.4 is 14.8 Å². The summed E-state index contributed by atoms with van der Waals surface area (Å²) in [4.78, 5) is 17.7. The predicted molar refractivity (Wildman–Crippen MR) is 152 cm³/mol. The molecule has 2 atom stereocenters. The first-order chi connectivity index (χ1) is 18.7. The Morgan fingerprint density at radius 2 is 1.51 bits per heavy atom. The van der Waals surface area contributed by atoms with E-state index in [2.05, 4.69) is 23.5 Å². The van der Waals surface area contributed by atoms with Crippen LogP contribution in [-0.4, -0.2) is 44.3 Å². The summed E-state index contributed by atoms with van der Waals surface area (Å²) in [6.07, 6.45) is 8.61. The van der Waals surface area contributed by atoms with E-state index in [1.807, 2.05) is 30.3 Å². The number of benzene rings is 3. The van der Waals surface area contributed by atoms with Gasteiger partial charge in [-0.2, -0.15) is 8.42 Å². The van der Waals surface area contributed by atoms with Crippen molar-refractivity contribution in [3.05, 3.63) is 71.4 Å². The molecule has 204 valence electrons.